The molecule has 0 bridgehead atoms. The SMILES string of the molecule is CC(C)(C)OC(=O)n1nc(-c2ccoc2)c2ccc([N+](=O)[O-])cc21. The van der Waals surface area contributed by atoms with Crippen molar-refractivity contribution in [2.75, 3.05) is 0 Å². The Morgan fingerprint density at radius 1 is 1.33 bits per heavy atom. The number of fused-ring (bicyclic) bond motifs is 1. The summed E-state index contributed by atoms with van der Waals surface area (Å²) in [7, 11) is 0. The van der Waals surface area contributed by atoms with Crippen LogP contribution >= 0.6 is 0 Å². The largest absolute Gasteiger partial charge is 0.472 e. The van der Waals surface area contributed by atoms with Crippen LogP contribution in [0.15, 0.2) is 41.2 Å². The zero-order valence-electron chi connectivity index (χ0n) is 13.3. The average Bonchev–Trinajstić information content (AvgIpc) is 3.11. The first-order valence-corrected chi connectivity index (χ1v) is 7.19. The van der Waals surface area contributed by atoms with Gasteiger partial charge in [-0.15, -0.1) is 0 Å². The molecule has 124 valence electrons. The Hall–Kier alpha value is -3.16. The summed E-state index contributed by atoms with van der Waals surface area (Å²) in [5.41, 5.74) is 0.600. The fourth-order valence-electron chi connectivity index (χ4n) is 2.27. The minimum Gasteiger partial charge on any atom is -0.472 e. The first-order chi connectivity index (χ1) is 11.3. The lowest BCUT2D eigenvalue weighted by atomic mass is 10.1. The number of hydrogen-bond acceptors (Lipinski definition) is 6. The molecule has 0 fully saturated rings. The second-order valence-corrected chi connectivity index (χ2v) is 6.21. The Balaban J connectivity index is 2.21. The Kier molecular flexibility index (Phi) is 3.59. The molecule has 0 N–H and O–H groups in total. The first-order valence-electron chi connectivity index (χ1n) is 7.19. The van der Waals surface area contributed by atoms with E-state index in [1.807, 2.05) is 0 Å². The Bertz CT molecular complexity index is 919. The molecule has 2 heterocycles. The summed E-state index contributed by atoms with van der Waals surface area (Å²) >= 11 is 0. The number of hydrogen-bond donors (Lipinski definition) is 0. The summed E-state index contributed by atoms with van der Waals surface area (Å²) in [6.07, 6.45) is 2.27. The fraction of sp³-hybridized carbons (Fsp3) is 0.250. The molecule has 0 saturated carbocycles. The molecular formula is C16H15N3O5. The van der Waals surface area contributed by atoms with E-state index in [-0.39, 0.29) is 5.69 Å². The second-order valence-electron chi connectivity index (χ2n) is 6.21. The molecule has 0 unspecified atom stereocenters. The predicted molar refractivity (Wildman–Crippen MR) is 85.7 cm³/mol. The second kappa shape index (κ2) is 5.48. The van der Waals surface area contributed by atoms with Crippen molar-refractivity contribution >= 4 is 22.7 Å². The van der Waals surface area contributed by atoms with E-state index in [9.17, 15) is 14.9 Å². The van der Waals surface area contributed by atoms with Crippen LogP contribution in [0.1, 0.15) is 20.8 Å². The number of non-ortho nitro benzene ring substituents is 1. The summed E-state index contributed by atoms with van der Waals surface area (Å²) in [6.45, 7) is 5.20. The highest BCUT2D eigenvalue weighted by molar-refractivity contribution is 5.98. The molecule has 8 heteroatoms. The van der Waals surface area contributed by atoms with Crippen LogP contribution in [0.25, 0.3) is 22.2 Å². The van der Waals surface area contributed by atoms with Crippen molar-refractivity contribution in [3.63, 3.8) is 0 Å². The summed E-state index contributed by atoms with van der Waals surface area (Å²) in [5.74, 6) is 0. The quantitative estimate of drug-likeness (QED) is 0.520. The number of carbonyl (C=O) groups is 1. The third kappa shape index (κ3) is 2.85. The molecule has 3 aromatic rings. The van der Waals surface area contributed by atoms with E-state index >= 15 is 0 Å². The zero-order valence-corrected chi connectivity index (χ0v) is 13.3. The fourth-order valence-corrected chi connectivity index (χ4v) is 2.27. The lowest BCUT2D eigenvalue weighted by Crippen LogP contribution is -2.27. The number of ether oxygens (including phenoxy) is 1. The third-order valence-corrected chi connectivity index (χ3v) is 3.24. The molecule has 0 spiro atoms. The van der Waals surface area contributed by atoms with E-state index in [0.29, 0.717) is 22.2 Å². The van der Waals surface area contributed by atoms with Crippen LogP contribution in [0.2, 0.25) is 0 Å². The minimum atomic E-state index is -0.716. The van der Waals surface area contributed by atoms with Crippen LogP contribution in [0, 0.1) is 10.1 Å². The van der Waals surface area contributed by atoms with Crippen molar-refractivity contribution in [2.24, 2.45) is 0 Å². The van der Waals surface area contributed by atoms with Crippen LogP contribution < -0.4 is 0 Å². The maximum atomic E-state index is 12.4. The number of nitro groups is 1. The van der Waals surface area contributed by atoms with Crippen LogP contribution in [-0.4, -0.2) is 26.4 Å². The standard InChI is InChI=1S/C16H15N3O5/c1-16(2,3)24-15(20)18-13-8-11(19(21)22)4-5-12(13)14(17-18)10-6-7-23-9-10/h4-9H,1-3H3. The van der Waals surface area contributed by atoms with Crippen molar-refractivity contribution in [3.8, 4) is 11.3 Å². The molecule has 24 heavy (non-hydrogen) atoms. The Morgan fingerprint density at radius 3 is 2.67 bits per heavy atom. The maximum Gasteiger partial charge on any atom is 0.435 e. The topological polar surface area (TPSA) is 100 Å². The van der Waals surface area contributed by atoms with E-state index in [2.05, 4.69) is 5.10 Å². The van der Waals surface area contributed by atoms with Gasteiger partial charge in [0.2, 0.25) is 0 Å². The van der Waals surface area contributed by atoms with E-state index in [4.69, 9.17) is 9.15 Å². The normalized spacial score (nSPS) is 11.6. The molecule has 3 rings (SSSR count). The molecular weight excluding hydrogens is 314 g/mol. The highest BCUT2D eigenvalue weighted by Crippen LogP contribution is 2.31. The average molecular weight is 329 g/mol. The number of furan rings is 1. The summed E-state index contributed by atoms with van der Waals surface area (Å²) in [4.78, 5) is 22.9. The lowest BCUT2D eigenvalue weighted by Gasteiger charge is -2.19. The van der Waals surface area contributed by atoms with E-state index in [0.717, 1.165) is 4.68 Å². The highest BCUT2D eigenvalue weighted by Gasteiger charge is 2.24. The maximum absolute atomic E-state index is 12.4. The molecule has 8 nitrogen and oxygen atoms in total. The number of nitrogens with zero attached hydrogens (tertiary/aromatic N) is 3. The van der Waals surface area contributed by atoms with E-state index in [1.165, 1.54) is 24.7 Å². The van der Waals surface area contributed by atoms with Crippen LogP contribution in [0.3, 0.4) is 0 Å². The molecule has 0 amide bonds. The van der Waals surface area contributed by atoms with Gasteiger partial charge in [0.15, 0.2) is 0 Å². The number of nitro benzene ring substituents is 1. The van der Waals surface area contributed by atoms with Gasteiger partial charge in [-0.05, 0) is 32.9 Å². The molecule has 0 atom stereocenters. The van der Waals surface area contributed by atoms with Crippen LogP contribution in [0.5, 0.6) is 0 Å². The van der Waals surface area contributed by atoms with Crippen LogP contribution in [-0.2, 0) is 4.74 Å². The van der Waals surface area contributed by atoms with Gasteiger partial charge < -0.3 is 9.15 Å². The van der Waals surface area contributed by atoms with Gasteiger partial charge in [0.05, 0.1) is 23.0 Å². The minimum absolute atomic E-state index is 0.133. The van der Waals surface area contributed by atoms with Gasteiger partial charge in [0.25, 0.3) is 5.69 Å². The van der Waals surface area contributed by atoms with Crippen molar-refractivity contribution in [2.45, 2.75) is 26.4 Å². The highest BCUT2D eigenvalue weighted by atomic mass is 16.6. The molecule has 2 aromatic heterocycles. The summed E-state index contributed by atoms with van der Waals surface area (Å²) in [5, 5.41) is 15.9. The van der Waals surface area contributed by atoms with Crippen LogP contribution in [0.4, 0.5) is 10.5 Å². The van der Waals surface area contributed by atoms with Gasteiger partial charge in [-0.25, -0.2) is 4.79 Å². The molecule has 0 radical (unpaired) electrons. The van der Waals surface area contributed by atoms with Gasteiger partial charge >= 0.3 is 6.09 Å². The lowest BCUT2D eigenvalue weighted by molar-refractivity contribution is -0.384. The van der Waals surface area contributed by atoms with Gasteiger partial charge in [-0.1, -0.05) is 0 Å². The van der Waals surface area contributed by atoms with Crippen molar-refractivity contribution < 1.29 is 18.9 Å². The van der Waals surface area contributed by atoms with Gasteiger partial charge in [0, 0.05) is 23.1 Å². The molecule has 0 aliphatic carbocycles. The zero-order chi connectivity index (χ0) is 17.5. The summed E-state index contributed by atoms with van der Waals surface area (Å²) in [6, 6.07) is 5.93. The number of benzene rings is 1. The molecule has 0 saturated heterocycles. The van der Waals surface area contributed by atoms with Gasteiger partial charge in [0.1, 0.15) is 11.3 Å². The predicted octanol–water partition coefficient (Wildman–Crippen LogP) is 3.99. The van der Waals surface area contributed by atoms with Crippen molar-refractivity contribution in [1.29, 1.82) is 0 Å². The van der Waals surface area contributed by atoms with E-state index in [1.54, 1.807) is 32.9 Å². The smallest absolute Gasteiger partial charge is 0.435 e. The first kappa shape index (κ1) is 15.7. The molecule has 0 aliphatic heterocycles. The number of aromatic nitrogens is 2. The summed E-state index contributed by atoms with van der Waals surface area (Å²) < 4.78 is 11.4. The van der Waals surface area contributed by atoms with Crippen molar-refractivity contribution in [1.82, 2.24) is 9.78 Å². The molecule has 1 aromatic carbocycles. The molecule has 0 aliphatic rings. The van der Waals surface area contributed by atoms with Crippen molar-refractivity contribution in [3.05, 3.63) is 46.9 Å². The Labute approximate surface area is 136 Å². The van der Waals surface area contributed by atoms with Gasteiger partial charge in [-0.3, -0.25) is 10.1 Å². The number of carbonyl (C=O) groups excluding carboxylic acids is 1. The Morgan fingerprint density at radius 2 is 2.08 bits per heavy atom. The van der Waals surface area contributed by atoms with Gasteiger partial charge in [-0.2, -0.15) is 9.78 Å². The monoisotopic (exact) mass is 329 g/mol. The number of rotatable bonds is 2. The third-order valence-electron chi connectivity index (χ3n) is 3.24. The van der Waals surface area contributed by atoms with E-state index < -0.39 is 16.6 Å².